The van der Waals surface area contributed by atoms with E-state index in [-0.39, 0.29) is 37.2 Å². The summed E-state index contributed by atoms with van der Waals surface area (Å²) in [6.07, 6.45) is 6.45. The summed E-state index contributed by atoms with van der Waals surface area (Å²) in [6.45, 7) is 0. The minimum atomic E-state index is -0.366. The van der Waals surface area contributed by atoms with Gasteiger partial charge in [-0.25, -0.2) is 20.0 Å². The fourth-order valence-electron chi connectivity index (χ4n) is 10.9. The third-order valence-electron chi connectivity index (χ3n) is 14.5. The molecule has 2 aromatic heterocycles. The second-order valence-electron chi connectivity index (χ2n) is 19.0. The van der Waals surface area contributed by atoms with Gasteiger partial charge in [-0.3, -0.25) is 10.6 Å². The summed E-state index contributed by atoms with van der Waals surface area (Å²) in [7, 11) is 0. The van der Waals surface area contributed by atoms with E-state index in [0.29, 0.717) is 0 Å². The van der Waals surface area contributed by atoms with Gasteiger partial charge in [0.25, 0.3) is 0 Å². The number of para-hydroxylation sites is 2. The largest absolute Gasteiger partial charge is 0.352 e. The van der Waals surface area contributed by atoms with E-state index in [4.69, 9.17) is 20.0 Å². The molecule has 4 aliphatic rings. The molecular formula is C62H50N12. The van der Waals surface area contributed by atoms with E-state index < -0.39 is 0 Å². The quantitative estimate of drug-likeness (QED) is 0.0854. The molecule has 6 atom stereocenters. The van der Waals surface area contributed by atoms with Crippen LogP contribution in [0.1, 0.15) is 53.3 Å². The summed E-state index contributed by atoms with van der Waals surface area (Å²) in [5.41, 5.74) is 12.9. The SMILES string of the molecule is C1=NC(n2c3ccccc3c3cc(-c4ccc5c(c4)c4ccccc4n5C4N=CC(C5N=C(c6ccccc6)NC(c6ccccc6)N5)=CN4)ccc32)NC=C1C1=NC(c2ccccc2)NC(c2ccccc2)N1. The van der Waals surface area contributed by atoms with Gasteiger partial charge < -0.3 is 30.4 Å². The number of rotatable bonds is 9. The van der Waals surface area contributed by atoms with Gasteiger partial charge in [-0.1, -0.05) is 170 Å². The zero-order chi connectivity index (χ0) is 49.0. The van der Waals surface area contributed by atoms with Gasteiger partial charge in [0.1, 0.15) is 36.3 Å². The van der Waals surface area contributed by atoms with E-state index in [1.54, 1.807) is 0 Å². The number of fused-ring (bicyclic) bond motifs is 6. The fraction of sp³-hybridized carbons (Fsp3) is 0.0968. The van der Waals surface area contributed by atoms with Crippen LogP contribution >= 0.6 is 0 Å². The number of benzene rings is 8. The van der Waals surface area contributed by atoms with Crippen molar-refractivity contribution in [3.8, 4) is 11.1 Å². The van der Waals surface area contributed by atoms with Crippen LogP contribution in [0.25, 0.3) is 54.7 Å². The molecule has 0 fully saturated rings. The predicted molar refractivity (Wildman–Crippen MR) is 300 cm³/mol. The van der Waals surface area contributed by atoms with E-state index in [2.05, 4.69) is 217 Å². The van der Waals surface area contributed by atoms with Gasteiger partial charge in [0.05, 0.1) is 27.6 Å². The van der Waals surface area contributed by atoms with E-state index in [9.17, 15) is 0 Å². The average Bonchev–Trinajstić information content (AvgIpc) is 4.02. The van der Waals surface area contributed by atoms with Crippen LogP contribution in [0.5, 0.6) is 0 Å². The molecule has 0 amide bonds. The molecule has 8 aromatic carbocycles. The topological polar surface area (TPSA) is 131 Å². The van der Waals surface area contributed by atoms with Gasteiger partial charge in [-0.2, -0.15) is 0 Å². The fourth-order valence-corrected chi connectivity index (χ4v) is 10.9. The first kappa shape index (κ1) is 43.4. The van der Waals surface area contributed by atoms with Gasteiger partial charge in [0, 0.05) is 57.5 Å². The molecule has 0 saturated heterocycles. The smallest absolute Gasteiger partial charge is 0.200 e. The lowest BCUT2D eigenvalue weighted by molar-refractivity contribution is 0.408. The minimum Gasteiger partial charge on any atom is -0.352 e. The Kier molecular flexibility index (Phi) is 10.8. The van der Waals surface area contributed by atoms with Crippen molar-refractivity contribution in [2.45, 2.75) is 37.2 Å². The molecule has 14 rings (SSSR count). The Morgan fingerprint density at radius 2 is 0.824 bits per heavy atom. The van der Waals surface area contributed by atoms with Crippen molar-refractivity contribution < 1.29 is 0 Å². The van der Waals surface area contributed by atoms with Gasteiger partial charge in [-0.05, 0) is 64.2 Å². The summed E-state index contributed by atoms with van der Waals surface area (Å²) in [5, 5.41) is 26.6. The maximum Gasteiger partial charge on any atom is 0.200 e. The van der Waals surface area contributed by atoms with E-state index in [0.717, 1.165) is 89.0 Å². The Hall–Kier alpha value is -9.36. The third-order valence-corrected chi connectivity index (χ3v) is 14.5. The van der Waals surface area contributed by atoms with Crippen LogP contribution in [0.4, 0.5) is 0 Å². The Morgan fingerprint density at radius 3 is 1.36 bits per heavy atom. The summed E-state index contributed by atoms with van der Waals surface area (Å²) in [5.74, 6) is 1.61. The molecule has 12 heteroatoms. The Bertz CT molecular complexity index is 3950. The number of aliphatic imine (C=N–C) groups is 4. The van der Waals surface area contributed by atoms with Gasteiger partial charge in [0.15, 0.2) is 12.6 Å². The molecule has 0 bridgehead atoms. The molecule has 6 unspecified atom stereocenters. The second-order valence-corrected chi connectivity index (χ2v) is 19.0. The number of hydrogen-bond acceptors (Lipinski definition) is 10. The van der Waals surface area contributed by atoms with E-state index >= 15 is 0 Å². The molecule has 10 aromatic rings. The number of hydrogen-bond donors (Lipinski definition) is 6. The zero-order valence-electron chi connectivity index (χ0n) is 40.1. The highest BCUT2D eigenvalue weighted by Crippen LogP contribution is 2.39. The molecule has 12 nitrogen and oxygen atoms in total. The molecule has 74 heavy (non-hydrogen) atoms. The summed E-state index contributed by atoms with van der Waals surface area (Å²) < 4.78 is 4.59. The van der Waals surface area contributed by atoms with Gasteiger partial charge in [-0.15, -0.1) is 0 Å². The van der Waals surface area contributed by atoms with Crippen LogP contribution in [-0.4, -0.2) is 39.4 Å². The lowest BCUT2D eigenvalue weighted by Gasteiger charge is -2.33. The van der Waals surface area contributed by atoms with E-state index in [1.165, 1.54) is 10.8 Å². The van der Waals surface area contributed by atoms with Crippen LogP contribution in [0, 0.1) is 0 Å². The monoisotopic (exact) mass is 962 g/mol. The Labute approximate surface area is 427 Å². The van der Waals surface area contributed by atoms with Crippen LogP contribution in [0.2, 0.25) is 0 Å². The Balaban J connectivity index is 0.754. The first-order chi connectivity index (χ1) is 36.7. The van der Waals surface area contributed by atoms with Crippen molar-refractivity contribution in [3.05, 3.63) is 252 Å². The second kappa shape index (κ2) is 18.4. The van der Waals surface area contributed by atoms with Crippen LogP contribution in [-0.2, 0) is 0 Å². The average molecular weight is 963 g/mol. The van der Waals surface area contributed by atoms with Crippen molar-refractivity contribution >= 4 is 67.7 Å². The normalized spacial score (nSPS) is 21.5. The highest BCUT2D eigenvalue weighted by atomic mass is 15.3. The molecule has 0 radical (unpaired) electrons. The molecule has 0 aliphatic carbocycles. The van der Waals surface area contributed by atoms with Crippen LogP contribution in [0.15, 0.2) is 250 Å². The minimum absolute atomic E-state index is 0.136. The van der Waals surface area contributed by atoms with Crippen molar-refractivity contribution in [1.29, 1.82) is 0 Å². The standard InChI is InChI=1S/C62H50N12/c1-5-17-39(18-6-1)55-67-56(40-19-7-2-8-20-40)70-59(69-55)45-35-63-61(64-36-45)73-51-27-15-13-25-47(51)49-33-43(29-31-53(49)73)44-30-32-54-50(34-44)48-26-14-16-28-52(48)74(54)62-65-37-46(38-66-62)60-71-57(41-21-9-3-10-22-41)68-58(72-60)42-23-11-4-12-24-42/h1-38,55-57,60-63,65,67,71H,(H,68,72)(H,69,70). The van der Waals surface area contributed by atoms with Crippen molar-refractivity contribution in [2.24, 2.45) is 20.0 Å². The van der Waals surface area contributed by atoms with Crippen molar-refractivity contribution in [1.82, 2.24) is 41.0 Å². The molecule has 6 heterocycles. The number of nitrogens with zero attached hydrogens (tertiary/aromatic N) is 6. The lowest BCUT2D eigenvalue weighted by atomic mass is 10.0. The number of amidine groups is 2. The van der Waals surface area contributed by atoms with Crippen molar-refractivity contribution in [3.63, 3.8) is 0 Å². The molecule has 6 N–H and O–H groups in total. The number of aromatic nitrogens is 2. The highest BCUT2D eigenvalue weighted by molar-refractivity contribution is 6.16. The molecule has 0 saturated carbocycles. The summed E-state index contributed by atoms with van der Waals surface area (Å²) in [6, 6.07) is 72.3. The Morgan fingerprint density at radius 1 is 0.365 bits per heavy atom. The summed E-state index contributed by atoms with van der Waals surface area (Å²) >= 11 is 0. The van der Waals surface area contributed by atoms with Gasteiger partial charge in [0.2, 0.25) is 0 Å². The third kappa shape index (κ3) is 7.80. The number of nitrogens with one attached hydrogen (secondary N) is 6. The molecule has 0 spiro atoms. The van der Waals surface area contributed by atoms with Crippen LogP contribution in [0.3, 0.4) is 0 Å². The molecule has 358 valence electrons. The molecular weight excluding hydrogens is 913 g/mol. The maximum absolute atomic E-state index is 5.16. The predicted octanol–water partition coefficient (Wildman–Crippen LogP) is 11.3. The first-order valence-electron chi connectivity index (χ1n) is 25.1. The zero-order valence-corrected chi connectivity index (χ0v) is 40.1. The van der Waals surface area contributed by atoms with Gasteiger partial charge >= 0.3 is 0 Å². The highest BCUT2D eigenvalue weighted by Gasteiger charge is 2.30. The molecule has 4 aliphatic heterocycles. The van der Waals surface area contributed by atoms with Crippen LogP contribution < -0.4 is 31.9 Å². The maximum atomic E-state index is 5.16. The van der Waals surface area contributed by atoms with E-state index in [1.807, 2.05) is 55.0 Å². The van der Waals surface area contributed by atoms with Crippen molar-refractivity contribution in [2.75, 3.05) is 0 Å². The first-order valence-corrected chi connectivity index (χ1v) is 25.1. The summed E-state index contributed by atoms with van der Waals surface area (Å²) in [4.78, 5) is 20.6. The lowest BCUT2D eigenvalue weighted by Crippen LogP contribution is -2.49.